The predicted octanol–water partition coefficient (Wildman–Crippen LogP) is 2.03. The second-order valence-corrected chi connectivity index (χ2v) is 5.15. The number of amides is 2. The van der Waals surface area contributed by atoms with Crippen LogP contribution in [-0.4, -0.2) is 29.4 Å². The third kappa shape index (κ3) is 5.98. The van der Waals surface area contributed by atoms with Crippen molar-refractivity contribution in [2.45, 2.75) is 12.8 Å². The van der Waals surface area contributed by atoms with E-state index < -0.39 is 17.8 Å². The van der Waals surface area contributed by atoms with Gasteiger partial charge in [-0.05, 0) is 30.7 Å². The molecule has 2 rings (SSSR count). The molecule has 2 aromatic rings. The van der Waals surface area contributed by atoms with Crippen LogP contribution in [0.5, 0.6) is 0 Å². The van der Waals surface area contributed by atoms with Crippen LogP contribution in [0.4, 0.5) is 0 Å². The van der Waals surface area contributed by atoms with Crippen molar-refractivity contribution in [2.24, 2.45) is 0 Å². The van der Waals surface area contributed by atoms with Crippen molar-refractivity contribution in [3.8, 4) is 0 Å². The molecule has 7 nitrogen and oxygen atoms in total. The van der Waals surface area contributed by atoms with E-state index >= 15 is 0 Å². The predicted molar refractivity (Wildman–Crippen MR) is 90.5 cm³/mol. The Balaban J connectivity index is 2.07. The molecule has 0 unspecified atom stereocenters. The first-order chi connectivity index (χ1) is 12.1. The van der Waals surface area contributed by atoms with Crippen LogP contribution >= 0.6 is 0 Å². The number of nitrogens with one attached hydrogen (secondary N) is 2. The zero-order valence-corrected chi connectivity index (χ0v) is 13.4. The largest absolute Gasteiger partial charge is 0.481 e. The van der Waals surface area contributed by atoms with Crippen LogP contribution in [-0.2, 0) is 9.59 Å². The average molecular weight is 342 g/mol. The summed E-state index contributed by atoms with van der Waals surface area (Å²) in [6.45, 7) is 0.182. The summed E-state index contributed by atoms with van der Waals surface area (Å²) in [6.07, 6.45) is 3.11. The minimum atomic E-state index is -0.932. The maximum atomic E-state index is 12.3. The number of furan rings is 1. The minimum Gasteiger partial charge on any atom is -0.481 e. The standard InChI is InChI=1S/C18H18N2O5/c21-16(22)9-4-10-19-18(24)15(12-14-8-5-11-25-14)20-17(23)13-6-2-1-3-7-13/h1-3,5-8,11-12H,4,9-10H2,(H,19,24)(H,20,23)(H,21,22)/b15-12-. The van der Waals surface area contributed by atoms with Gasteiger partial charge in [0, 0.05) is 24.6 Å². The summed E-state index contributed by atoms with van der Waals surface area (Å²) in [4.78, 5) is 35.1. The third-order valence-corrected chi connectivity index (χ3v) is 3.21. The third-order valence-electron chi connectivity index (χ3n) is 3.21. The summed E-state index contributed by atoms with van der Waals surface area (Å²) >= 11 is 0. The topological polar surface area (TPSA) is 109 Å². The Hall–Kier alpha value is -3.35. The van der Waals surface area contributed by atoms with Gasteiger partial charge in [0.25, 0.3) is 11.8 Å². The molecule has 0 atom stereocenters. The van der Waals surface area contributed by atoms with E-state index in [0.29, 0.717) is 17.7 Å². The lowest BCUT2D eigenvalue weighted by atomic mass is 10.2. The highest BCUT2D eigenvalue weighted by molar-refractivity contribution is 6.05. The molecule has 0 aliphatic carbocycles. The Morgan fingerprint density at radius 2 is 1.84 bits per heavy atom. The van der Waals surface area contributed by atoms with E-state index in [9.17, 15) is 14.4 Å². The van der Waals surface area contributed by atoms with E-state index in [2.05, 4.69) is 10.6 Å². The van der Waals surface area contributed by atoms with Crippen molar-refractivity contribution in [3.63, 3.8) is 0 Å². The van der Waals surface area contributed by atoms with Gasteiger partial charge in [-0.2, -0.15) is 0 Å². The SMILES string of the molecule is O=C(O)CCCNC(=O)/C(=C/c1ccco1)NC(=O)c1ccccc1. The number of hydrogen-bond acceptors (Lipinski definition) is 4. The summed E-state index contributed by atoms with van der Waals surface area (Å²) in [7, 11) is 0. The zero-order valence-electron chi connectivity index (χ0n) is 13.4. The molecule has 0 aliphatic heterocycles. The van der Waals surface area contributed by atoms with E-state index in [1.54, 1.807) is 42.5 Å². The highest BCUT2D eigenvalue weighted by Crippen LogP contribution is 2.08. The fourth-order valence-electron chi connectivity index (χ4n) is 1.99. The Labute approximate surface area is 144 Å². The monoisotopic (exact) mass is 342 g/mol. The number of carbonyl (C=O) groups excluding carboxylic acids is 2. The Morgan fingerprint density at radius 3 is 2.48 bits per heavy atom. The lowest BCUT2D eigenvalue weighted by Crippen LogP contribution is -2.35. The zero-order chi connectivity index (χ0) is 18.1. The van der Waals surface area contributed by atoms with Gasteiger partial charge in [-0.15, -0.1) is 0 Å². The molecule has 2 amide bonds. The Bertz CT molecular complexity index is 751. The number of benzene rings is 1. The summed E-state index contributed by atoms with van der Waals surface area (Å²) < 4.78 is 5.17. The van der Waals surface area contributed by atoms with Crippen molar-refractivity contribution < 1.29 is 23.9 Å². The summed E-state index contributed by atoms with van der Waals surface area (Å²) in [5.74, 6) is -1.48. The summed E-state index contributed by atoms with van der Waals surface area (Å²) in [5.41, 5.74) is 0.422. The molecule has 0 saturated heterocycles. The van der Waals surface area contributed by atoms with Crippen LogP contribution in [0.2, 0.25) is 0 Å². The molecule has 25 heavy (non-hydrogen) atoms. The fraction of sp³-hybridized carbons (Fsp3) is 0.167. The molecule has 1 heterocycles. The van der Waals surface area contributed by atoms with Crippen molar-refractivity contribution in [1.29, 1.82) is 0 Å². The van der Waals surface area contributed by atoms with Crippen molar-refractivity contribution in [2.75, 3.05) is 6.54 Å². The van der Waals surface area contributed by atoms with Crippen LogP contribution in [0.15, 0.2) is 58.8 Å². The molecule has 0 fully saturated rings. The van der Waals surface area contributed by atoms with E-state index in [1.165, 1.54) is 12.3 Å². The molecular weight excluding hydrogens is 324 g/mol. The number of hydrogen-bond donors (Lipinski definition) is 3. The van der Waals surface area contributed by atoms with Gasteiger partial charge in [0.15, 0.2) is 0 Å². The molecule has 0 bridgehead atoms. The Kier molecular flexibility index (Phi) is 6.53. The van der Waals surface area contributed by atoms with E-state index in [1.807, 2.05) is 0 Å². The number of carboxylic acid groups (broad SMARTS) is 1. The fourth-order valence-corrected chi connectivity index (χ4v) is 1.99. The quantitative estimate of drug-likeness (QED) is 0.502. The van der Waals surface area contributed by atoms with Crippen molar-refractivity contribution in [3.05, 3.63) is 65.7 Å². The van der Waals surface area contributed by atoms with Crippen LogP contribution in [0, 0.1) is 0 Å². The van der Waals surface area contributed by atoms with Gasteiger partial charge in [0.1, 0.15) is 11.5 Å². The maximum absolute atomic E-state index is 12.3. The normalized spacial score (nSPS) is 11.0. The molecule has 0 aliphatic rings. The second-order valence-electron chi connectivity index (χ2n) is 5.15. The first-order valence-electron chi connectivity index (χ1n) is 7.68. The van der Waals surface area contributed by atoms with Crippen molar-refractivity contribution in [1.82, 2.24) is 10.6 Å². The molecule has 3 N–H and O–H groups in total. The first kappa shape index (κ1) is 18.0. The maximum Gasteiger partial charge on any atom is 0.303 e. The number of carboxylic acids is 1. The van der Waals surface area contributed by atoms with Gasteiger partial charge < -0.3 is 20.2 Å². The molecule has 0 saturated carbocycles. The molecule has 7 heteroatoms. The molecule has 1 aromatic heterocycles. The minimum absolute atomic E-state index is 0.0131. The molecule has 1 aromatic carbocycles. The summed E-state index contributed by atoms with van der Waals surface area (Å²) in [5, 5.41) is 13.7. The van der Waals surface area contributed by atoms with E-state index in [0.717, 1.165) is 0 Å². The molecule has 0 radical (unpaired) electrons. The van der Waals surface area contributed by atoms with Gasteiger partial charge >= 0.3 is 5.97 Å². The number of carbonyl (C=O) groups is 3. The van der Waals surface area contributed by atoms with Gasteiger partial charge in [-0.3, -0.25) is 14.4 Å². The lowest BCUT2D eigenvalue weighted by Gasteiger charge is -2.10. The second kappa shape index (κ2) is 9.07. The Morgan fingerprint density at radius 1 is 1.08 bits per heavy atom. The number of aliphatic carboxylic acids is 1. The van der Waals surface area contributed by atoms with Gasteiger partial charge in [-0.1, -0.05) is 18.2 Å². The molecular formula is C18H18N2O5. The highest BCUT2D eigenvalue weighted by Gasteiger charge is 2.15. The average Bonchev–Trinajstić information content (AvgIpc) is 3.11. The highest BCUT2D eigenvalue weighted by atomic mass is 16.4. The lowest BCUT2D eigenvalue weighted by molar-refractivity contribution is -0.137. The van der Waals surface area contributed by atoms with Crippen LogP contribution in [0.3, 0.4) is 0 Å². The van der Waals surface area contributed by atoms with Crippen LogP contribution < -0.4 is 10.6 Å². The van der Waals surface area contributed by atoms with Crippen LogP contribution in [0.25, 0.3) is 6.08 Å². The smallest absolute Gasteiger partial charge is 0.303 e. The van der Waals surface area contributed by atoms with E-state index in [4.69, 9.17) is 9.52 Å². The van der Waals surface area contributed by atoms with Crippen LogP contribution in [0.1, 0.15) is 29.0 Å². The van der Waals surface area contributed by atoms with Crippen molar-refractivity contribution >= 4 is 23.9 Å². The first-order valence-corrected chi connectivity index (χ1v) is 7.68. The number of rotatable bonds is 8. The van der Waals surface area contributed by atoms with E-state index in [-0.39, 0.29) is 18.7 Å². The van der Waals surface area contributed by atoms with Gasteiger partial charge in [0.05, 0.1) is 6.26 Å². The van der Waals surface area contributed by atoms with Gasteiger partial charge in [-0.25, -0.2) is 0 Å². The van der Waals surface area contributed by atoms with Gasteiger partial charge in [0.2, 0.25) is 0 Å². The molecule has 0 spiro atoms. The summed E-state index contributed by atoms with van der Waals surface area (Å²) in [6, 6.07) is 11.8. The molecule has 130 valence electrons.